The summed E-state index contributed by atoms with van der Waals surface area (Å²) in [6, 6.07) is 21.3. The van der Waals surface area contributed by atoms with Gasteiger partial charge in [0.15, 0.2) is 0 Å². The van der Waals surface area contributed by atoms with E-state index in [1.54, 1.807) is 47.0 Å². The molecule has 4 rings (SSSR count). The number of halogens is 1. The molecule has 0 saturated heterocycles. The van der Waals surface area contributed by atoms with Gasteiger partial charge in [-0.3, -0.25) is 9.59 Å². The van der Waals surface area contributed by atoms with Crippen LogP contribution >= 0.6 is 11.6 Å². The fourth-order valence-corrected chi connectivity index (χ4v) is 3.71. The summed E-state index contributed by atoms with van der Waals surface area (Å²) in [4.78, 5) is 33.1. The molecule has 1 amide bonds. The van der Waals surface area contributed by atoms with Crippen LogP contribution in [0, 0.1) is 0 Å². The highest BCUT2D eigenvalue weighted by Crippen LogP contribution is 2.21. The van der Waals surface area contributed by atoms with Crippen LogP contribution in [0.5, 0.6) is 0 Å². The minimum atomic E-state index is -0.285. The molecule has 0 radical (unpaired) electrons. The first-order chi connectivity index (χ1) is 15.5. The third-order valence-electron chi connectivity index (χ3n) is 5.28. The fourth-order valence-electron chi connectivity index (χ4n) is 3.58. The van der Waals surface area contributed by atoms with E-state index in [0.29, 0.717) is 46.2 Å². The summed E-state index contributed by atoms with van der Waals surface area (Å²) in [5, 5.41) is 3.89. The third kappa shape index (κ3) is 4.22. The van der Waals surface area contributed by atoms with Crippen LogP contribution in [0.3, 0.4) is 0 Å². The number of carbonyl (C=O) groups is 1. The van der Waals surface area contributed by atoms with Gasteiger partial charge in [-0.2, -0.15) is 0 Å². The van der Waals surface area contributed by atoms with Crippen molar-refractivity contribution in [3.63, 3.8) is 0 Å². The van der Waals surface area contributed by atoms with E-state index in [4.69, 9.17) is 16.6 Å². The Morgan fingerprint density at radius 3 is 2.34 bits per heavy atom. The molecule has 1 heterocycles. The van der Waals surface area contributed by atoms with Gasteiger partial charge >= 0.3 is 0 Å². The molecule has 4 aromatic rings. The Hall–Kier alpha value is -3.64. The summed E-state index contributed by atoms with van der Waals surface area (Å²) in [5.74, 6) is 0.265. The smallest absolute Gasteiger partial charge is 0.267 e. The first-order valence-electron chi connectivity index (χ1n) is 10.5. The average molecular weight is 447 g/mol. The number of nitrogens with one attached hydrogen (secondary N) is 1. The average Bonchev–Trinajstić information content (AvgIpc) is 2.82. The molecule has 0 aliphatic rings. The van der Waals surface area contributed by atoms with Crippen LogP contribution in [0.4, 0.5) is 11.6 Å². The van der Waals surface area contributed by atoms with Crippen LogP contribution in [-0.2, 0) is 0 Å². The summed E-state index contributed by atoms with van der Waals surface area (Å²) in [5.41, 5.74) is 2.11. The molecular formula is C25H23ClN4O2. The summed E-state index contributed by atoms with van der Waals surface area (Å²) in [7, 11) is 0. The molecule has 1 aromatic heterocycles. The second-order valence-electron chi connectivity index (χ2n) is 7.25. The van der Waals surface area contributed by atoms with Crippen LogP contribution in [0.15, 0.2) is 77.6 Å². The van der Waals surface area contributed by atoms with Crippen LogP contribution in [0.2, 0.25) is 5.02 Å². The molecule has 0 aliphatic heterocycles. The van der Waals surface area contributed by atoms with Gasteiger partial charge in [-0.15, -0.1) is 0 Å². The van der Waals surface area contributed by atoms with Crippen molar-refractivity contribution in [2.24, 2.45) is 0 Å². The number of carbonyl (C=O) groups excluding carboxylic acids is 1. The van der Waals surface area contributed by atoms with E-state index in [9.17, 15) is 9.59 Å². The maximum Gasteiger partial charge on any atom is 0.267 e. The van der Waals surface area contributed by atoms with Crippen molar-refractivity contribution < 1.29 is 4.79 Å². The van der Waals surface area contributed by atoms with Crippen LogP contribution in [-0.4, -0.2) is 28.5 Å². The Labute approximate surface area is 191 Å². The molecular weight excluding hydrogens is 424 g/mol. The Balaban J connectivity index is 1.82. The SMILES string of the molecule is CCN(CC)c1nc2cc(C(=O)Nc3ccc(Cl)cc3)ccc2c(=O)n1-c1ccccc1. The van der Waals surface area contributed by atoms with E-state index >= 15 is 0 Å². The number of anilines is 2. The second-order valence-corrected chi connectivity index (χ2v) is 7.69. The molecule has 32 heavy (non-hydrogen) atoms. The van der Waals surface area contributed by atoms with E-state index in [1.807, 2.05) is 49.1 Å². The van der Waals surface area contributed by atoms with Crippen molar-refractivity contribution in [3.05, 3.63) is 93.7 Å². The maximum atomic E-state index is 13.5. The van der Waals surface area contributed by atoms with Crippen molar-refractivity contribution in [3.8, 4) is 5.69 Å². The first-order valence-corrected chi connectivity index (χ1v) is 10.8. The number of hydrogen-bond acceptors (Lipinski definition) is 4. The standard InChI is InChI=1S/C25H23ClN4O2/c1-3-29(4-2)25-28-22-16-17(23(31)27-19-13-11-18(26)12-14-19)10-15-21(22)24(32)30(25)20-8-6-5-7-9-20/h5-16H,3-4H2,1-2H3,(H,27,31). The summed E-state index contributed by atoms with van der Waals surface area (Å²) >= 11 is 5.91. The van der Waals surface area contributed by atoms with Crippen molar-refractivity contribution in [1.29, 1.82) is 0 Å². The van der Waals surface area contributed by atoms with Crippen molar-refractivity contribution in [2.75, 3.05) is 23.3 Å². The largest absolute Gasteiger partial charge is 0.342 e. The lowest BCUT2D eigenvalue weighted by atomic mass is 10.1. The lowest BCUT2D eigenvalue weighted by Gasteiger charge is -2.24. The second kappa shape index (κ2) is 9.24. The predicted molar refractivity (Wildman–Crippen MR) is 130 cm³/mol. The van der Waals surface area contributed by atoms with E-state index in [-0.39, 0.29) is 11.5 Å². The number of fused-ring (bicyclic) bond motifs is 1. The molecule has 162 valence electrons. The molecule has 3 aromatic carbocycles. The molecule has 0 bridgehead atoms. The number of hydrogen-bond donors (Lipinski definition) is 1. The molecule has 0 fully saturated rings. The van der Waals surface area contributed by atoms with Gasteiger partial charge in [-0.1, -0.05) is 29.8 Å². The number of para-hydroxylation sites is 1. The third-order valence-corrected chi connectivity index (χ3v) is 5.53. The number of benzene rings is 3. The highest BCUT2D eigenvalue weighted by atomic mass is 35.5. The Morgan fingerprint density at radius 1 is 1.00 bits per heavy atom. The highest BCUT2D eigenvalue weighted by molar-refractivity contribution is 6.30. The van der Waals surface area contributed by atoms with Gasteiger partial charge in [0.2, 0.25) is 5.95 Å². The molecule has 7 heteroatoms. The van der Waals surface area contributed by atoms with Gasteiger partial charge in [0.05, 0.1) is 16.6 Å². The highest BCUT2D eigenvalue weighted by Gasteiger charge is 2.18. The van der Waals surface area contributed by atoms with Crippen LogP contribution in [0.25, 0.3) is 16.6 Å². The quantitative estimate of drug-likeness (QED) is 0.445. The van der Waals surface area contributed by atoms with Gasteiger partial charge in [0.25, 0.3) is 11.5 Å². The predicted octanol–water partition coefficient (Wildman–Crippen LogP) is 5.14. The molecule has 0 spiro atoms. The number of amides is 1. The van der Waals surface area contributed by atoms with Gasteiger partial charge in [-0.05, 0) is 68.4 Å². The first kappa shape index (κ1) is 21.6. The zero-order valence-electron chi connectivity index (χ0n) is 17.9. The van der Waals surface area contributed by atoms with E-state index in [2.05, 4.69) is 5.32 Å². The molecule has 0 atom stereocenters. The van der Waals surface area contributed by atoms with Crippen molar-refractivity contribution in [1.82, 2.24) is 9.55 Å². The lowest BCUT2D eigenvalue weighted by molar-refractivity contribution is 0.102. The maximum absolute atomic E-state index is 13.5. The van der Waals surface area contributed by atoms with Gasteiger partial charge in [-0.25, -0.2) is 9.55 Å². The van der Waals surface area contributed by atoms with E-state index in [1.165, 1.54) is 0 Å². The lowest BCUT2D eigenvalue weighted by Crippen LogP contribution is -2.32. The Morgan fingerprint density at radius 2 is 1.69 bits per heavy atom. The molecule has 1 N–H and O–H groups in total. The normalized spacial score (nSPS) is 10.8. The molecule has 0 saturated carbocycles. The van der Waals surface area contributed by atoms with Crippen molar-refractivity contribution in [2.45, 2.75) is 13.8 Å². The van der Waals surface area contributed by atoms with Gasteiger partial charge in [0.1, 0.15) is 0 Å². The van der Waals surface area contributed by atoms with Gasteiger partial charge in [0, 0.05) is 29.4 Å². The monoisotopic (exact) mass is 446 g/mol. The van der Waals surface area contributed by atoms with Crippen LogP contribution in [0.1, 0.15) is 24.2 Å². The Bertz CT molecular complexity index is 1310. The van der Waals surface area contributed by atoms with E-state index < -0.39 is 0 Å². The number of aromatic nitrogens is 2. The molecule has 6 nitrogen and oxygen atoms in total. The van der Waals surface area contributed by atoms with E-state index in [0.717, 1.165) is 5.69 Å². The topological polar surface area (TPSA) is 67.2 Å². The zero-order chi connectivity index (χ0) is 22.7. The van der Waals surface area contributed by atoms with Crippen LogP contribution < -0.4 is 15.8 Å². The van der Waals surface area contributed by atoms with Gasteiger partial charge < -0.3 is 10.2 Å². The summed E-state index contributed by atoms with van der Waals surface area (Å²) in [6.45, 7) is 5.42. The minimum absolute atomic E-state index is 0.173. The summed E-state index contributed by atoms with van der Waals surface area (Å²) in [6.07, 6.45) is 0. The minimum Gasteiger partial charge on any atom is -0.342 e. The number of rotatable bonds is 6. The van der Waals surface area contributed by atoms with Crippen molar-refractivity contribution >= 4 is 40.0 Å². The molecule has 0 aliphatic carbocycles. The zero-order valence-corrected chi connectivity index (χ0v) is 18.6. The summed E-state index contributed by atoms with van der Waals surface area (Å²) < 4.78 is 1.63. The molecule has 0 unspecified atom stereocenters. The Kier molecular flexibility index (Phi) is 6.23. The fraction of sp³-hybridized carbons (Fsp3) is 0.160. The number of nitrogens with zero attached hydrogens (tertiary/aromatic N) is 3.